The minimum Gasteiger partial charge on any atom is -0.368 e. The molecule has 0 atom stereocenters. The molecule has 128 valence electrons. The van der Waals surface area contributed by atoms with E-state index in [4.69, 9.17) is 0 Å². The third-order valence-electron chi connectivity index (χ3n) is 4.64. The summed E-state index contributed by atoms with van der Waals surface area (Å²) in [7, 11) is 0. The Labute approximate surface area is 144 Å². The van der Waals surface area contributed by atoms with E-state index >= 15 is 0 Å². The Hall–Kier alpha value is -1.72. The van der Waals surface area contributed by atoms with Gasteiger partial charge in [0.25, 0.3) is 0 Å². The average molecular weight is 326 g/mol. The van der Waals surface area contributed by atoms with Crippen LogP contribution in [0.2, 0.25) is 0 Å². The Morgan fingerprint density at radius 2 is 1.17 bits per heavy atom. The lowest BCUT2D eigenvalue weighted by atomic mass is 10.1. The predicted molar refractivity (Wildman–Crippen MR) is 95.2 cm³/mol. The summed E-state index contributed by atoms with van der Waals surface area (Å²) in [6.07, 6.45) is -1.28. The largest absolute Gasteiger partial charge is 0.368 e. The van der Waals surface area contributed by atoms with Gasteiger partial charge >= 0.3 is 0 Å². The van der Waals surface area contributed by atoms with Gasteiger partial charge in [0, 0.05) is 45.2 Å². The highest BCUT2D eigenvalue weighted by atomic mass is 16.5. The number of nitrogens with zero attached hydrogens (tertiary/aromatic N) is 2. The van der Waals surface area contributed by atoms with Crippen LogP contribution in [0.1, 0.15) is 11.1 Å². The minimum atomic E-state index is -1.28. The normalized spacial score (nSPS) is 18.0. The van der Waals surface area contributed by atoms with E-state index in [-0.39, 0.29) is 5.92 Å². The summed E-state index contributed by atoms with van der Waals surface area (Å²) >= 11 is 0. The zero-order valence-electron chi connectivity index (χ0n) is 14.0. The Balaban J connectivity index is 1.66. The highest BCUT2D eigenvalue weighted by Crippen LogP contribution is 2.17. The van der Waals surface area contributed by atoms with Crippen LogP contribution >= 0.6 is 0 Å². The molecule has 1 fully saturated rings. The second kappa shape index (κ2) is 8.40. The Morgan fingerprint density at radius 3 is 1.54 bits per heavy atom. The number of hydrogen-bond acceptors (Lipinski definition) is 4. The molecule has 0 aromatic heterocycles. The van der Waals surface area contributed by atoms with E-state index in [1.165, 1.54) is 11.1 Å². The van der Waals surface area contributed by atoms with Gasteiger partial charge in [-0.15, -0.1) is 0 Å². The third kappa shape index (κ3) is 4.89. The average Bonchev–Trinajstić information content (AvgIpc) is 2.79. The molecule has 0 radical (unpaired) electrons. The SMILES string of the molecule is OC(O)C1CN(Cc2ccccc2)CCN(Cc2ccccc2)C1. The van der Waals surface area contributed by atoms with Crippen LogP contribution in [0.15, 0.2) is 60.7 Å². The fourth-order valence-electron chi connectivity index (χ4n) is 3.35. The van der Waals surface area contributed by atoms with E-state index in [2.05, 4.69) is 34.1 Å². The number of rotatable bonds is 5. The first-order valence-corrected chi connectivity index (χ1v) is 8.59. The van der Waals surface area contributed by atoms with Crippen molar-refractivity contribution in [2.24, 2.45) is 5.92 Å². The number of aliphatic hydroxyl groups excluding tert-OH is 1. The van der Waals surface area contributed by atoms with Crippen LogP contribution in [-0.4, -0.2) is 52.5 Å². The molecule has 0 unspecified atom stereocenters. The van der Waals surface area contributed by atoms with Gasteiger partial charge < -0.3 is 10.2 Å². The fraction of sp³-hybridized carbons (Fsp3) is 0.400. The van der Waals surface area contributed by atoms with Crippen molar-refractivity contribution in [1.82, 2.24) is 9.80 Å². The van der Waals surface area contributed by atoms with Crippen molar-refractivity contribution < 1.29 is 10.2 Å². The van der Waals surface area contributed by atoms with Crippen LogP contribution in [0.5, 0.6) is 0 Å². The van der Waals surface area contributed by atoms with Gasteiger partial charge in [-0.25, -0.2) is 0 Å². The summed E-state index contributed by atoms with van der Waals surface area (Å²) in [5.74, 6) is -0.153. The van der Waals surface area contributed by atoms with Crippen molar-refractivity contribution in [2.75, 3.05) is 26.2 Å². The van der Waals surface area contributed by atoms with Crippen LogP contribution in [0.25, 0.3) is 0 Å². The van der Waals surface area contributed by atoms with Gasteiger partial charge in [-0.2, -0.15) is 0 Å². The molecular formula is C20H26N2O2. The molecule has 4 nitrogen and oxygen atoms in total. The molecular weight excluding hydrogens is 300 g/mol. The zero-order chi connectivity index (χ0) is 16.8. The maximum absolute atomic E-state index is 9.77. The maximum Gasteiger partial charge on any atom is 0.156 e. The van der Waals surface area contributed by atoms with E-state index in [1.807, 2.05) is 36.4 Å². The summed E-state index contributed by atoms with van der Waals surface area (Å²) in [4.78, 5) is 4.65. The van der Waals surface area contributed by atoms with Gasteiger partial charge in [0.05, 0.1) is 0 Å². The first-order chi connectivity index (χ1) is 11.7. The van der Waals surface area contributed by atoms with E-state index in [9.17, 15) is 10.2 Å². The molecule has 24 heavy (non-hydrogen) atoms. The van der Waals surface area contributed by atoms with E-state index in [0.717, 1.165) is 26.2 Å². The van der Waals surface area contributed by atoms with Crippen molar-refractivity contribution in [3.8, 4) is 0 Å². The predicted octanol–water partition coefficient (Wildman–Crippen LogP) is 1.93. The van der Waals surface area contributed by atoms with Crippen LogP contribution < -0.4 is 0 Å². The van der Waals surface area contributed by atoms with Gasteiger partial charge in [0.15, 0.2) is 6.29 Å². The molecule has 3 rings (SSSR count). The Morgan fingerprint density at radius 1 is 0.750 bits per heavy atom. The minimum absolute atomic E-state index is 0.153. The molecule has 1 aliphatic heterocycles. The molecule has 0 spiro atoms. The van der Waals surface area contributed by atoms with Gasteiger partial charge in [0.2, 0.25) is 0 Å². The van der Waals surface area contributed by atoms with E-state index in [1.54, 1.807) is 0 Å². The van der Waals surface area contributed by atoms with Gasteiger partial charge in [-0.05, 0) is 11.1 Å². The van der Waals surface area contributed by atoms with Crippen LogP contribution in [-0.2, 0) is 13.1 Å². The first-order valence-electron chi connectivity index (χ1n) is 8.59. The van der Waals surface area contributed by atoms with E-state index < -0.39 is 6.29 Å². The molecule has 1 aliphatic rings. The lowest BCUT2D eigenvalue weighted by molar-refractivity contribution is -0.0932. The molecule has 1 heterocycles. The fourth-order valence-corrected chi connectivity index (χ4v) is 3.35. The molecule has 1 saturated heterocycles. The van der Waals surface area contributed by atoms with Crippen molar-refractivity contribution in [1.29, 1.82) is 0 Å². The van der Waals surface area contributed by atoms with Crippen LogP contribution in [0, 0.1) is 5.92 Å². The molecule has 0 amide bonds. The third-order valence-corrected chi connectivity index (χ3v) is 4.64. The Bertz CT molecular complexity index is 552. The molecule has 2 aromatic rings. The topological polar surface area (TPSA) is 46.9 Å². The van der Waals surface area contributed by atoms with Gasteiger partial charge in [-0.3, -0.25) is 9.80 Å². The molecule has 0 aliphatic carbocycles. The standard InChI is InChI=1S/C20H26N2O2/c23-20(24)19-15-21(13-17-7-3-1-4-8-17)11-12-22(16-19)14-18-9-5-2-6-10-18/h1-10,19-20,23-24H,11-16H2. The van der Waals surface area contributed by atoms with Crippen molar-refractivity contribution in [2.45, 2.75) is 19.4 Å². The van der Waals surface area contributed by atoms with Gasteiger partial charge in [0.1, 0.15) is 0 Å². The lowest BCUT2D eigenvalue weighted by Crippen LogP contribution is -2.36. The maximum atomic E-state index is 9.77. The summed E-state index contributed by atoms with van der Waals surface area (Å²) in [6.45, 7) is 4.98. The first kappa shape index (κ1) is 17.1. The molecule has 4 heteroatoms. The number of benzene rings is 2. The number of hydrogen-bond donors (Lipinski definition) is 2. The van der Waals surface area contributed by atoms with E-state index in [0.29, 0.717) is 13.1 Å². The van der Waals surface area contributed by atoms with Crippen molar-refractivity contribution >= 4 is 0 Å². The van der Waals surface area contributed by atoms with Crippen molar-refractivity contribution in [3.05, 3.63) is 71.8 Å². The molecule has 0 bridgehead atoms. The molecule has 0 saturated carbocycles. The summed E-state index contributed by atoms with van der Waals surface area (Å²) in [6, 6.07) is 20.7. The van der Waals surface area contributed by atoms with Crippen molar-refractivity contribution in [3.63, 3.8) is 0 Å². The van der Waals surface area contributed by atoms with Crippen LogP contribution in [0.4, 0.5) is 0 Å². The molecule has 2 aromatic carbocycles. The van der Waals surface area contributed by atoms with Gasteiger partial charge in [-0.1, -0.05) is 60.7 Å². The second-order valence-corrected chi connectivity index (χ2v) is 6.62. The summed E-state index contributed by atoms with van der Waals surface area (Å²) < 4.78 is 0. The monoisotopic (exact) mass is 326 g/mol. The molecule has 2 N–H and O–H groups in total. The zero-order valence-corrected chi connectivity index (χ0v) is 14.0. The highest BCUT2D eigenvalue weighted by molar-refractivity contribution is 5.15. The van der Waals surface area contributed by atoms with Crippen LogP contribution in [0.3, 0.4) is 0 Å². The summed E-state index contributed by atoms with van der Waals surface area (Å²) in [5, 5.41) is 19.5. The highest BCUT2D eigenvalue weighted by Gasteiger charge is 2.27. The Kier molecular flexibility index (Phi) is 5.99. The second-order valence-electron chi connectivity index (χ2n) is 6.62. The smallest absolute Gasteiger partial charge is 0.156 e. The summed E-state index contributed by atoms with van der Waals surface area (Å²) in [5.41, 5.74) is 2.53. The lowest BCUT2D eigenvalue weighted by Gasteiger charge is -2.25. The quantitative estimate of drug-likeness (QED) is 0.824. The number of aliphatic hydroxyl groups is 2.